The van der Waals surface area contributed by atoms with Crippen LogP contribution in [0.1, 0.15) is 18.9 Å². The van der Waals surface area contributed by atoms with Crippen molar-refractivity contribution in [3.63, 3.8) is 0 Å². The third kappa shape index (κ3) is 3.64. The molecule has 2 atom stereocenters. The summed E-state index contributed by atoms with van der Waals surface area (Å²) in [6.45, 7) is 3.52. The van der Waals surface area contributed by atoms with Crippen LogP contribution in [0.2, 0.25) is 0 Å². The normalized spacial score (nSPS) is 23.4. The fourth-order valence-electron chi connectivity index (χ4n) is 2.30. The van der Waals surface area contributed by atoms with Gasteiger partial charge < -0.3 is 15.4 Å². The number of ether oxygens (including phenoxy) is 1. The van der Waals surface area contributed by atoms with Gasteiger partial charge in [0.05, 0.1) is 12.7 Å². The fraction of sp³-hybridized carbons (Fsp3) is 0.571. The molecule has 2 rings (SSSR count). The molecule has 0 saturated carbocycles. The van der Waals surface area contributed by atoms with Gasteiger partial charge in [0.1, 0.15) is 11.6 Å². The minimum atomic E-state index is -0.560. The Labute approximate surface area is 112 Å². The van der Waals surface area contributed by atoms with Gasteiger partial charge in [-0.1, -0.05) is 0 Å². The molecule has 0 unspecified atom stereocenters. The number of morpholine rings is 1. The van der Waals surface area contributed by atoms with E-state index in [1.807, 2.05) is 0 Å². The monoisotopic (exact) mass is 270 g/mol. The molecule has 0 aromatic heterocycles. The molecule has 2 N–H and O–H groups in total. The number of hydrogen-bond donors (Lipinski definition) is 2. The van der Waals surface area contributed by atoms with Gasteiger partial charge in [-0.2, -0.15) is 0 Å². The van der Waals surface area contributed by atoms with Gasteiger partial charge in [-0.25, -0.2) is 8.78 Å². The summed E-state index contributed by atoms with van der Waals surface area (Å²) in [5, 5.41) is 6.16. The molecule has 1 saturated heterocycles. The Bertz CT molecular complexity index is 432. The molecule has 0 spiro atoms. The van der Waals surface area contributed by atoms with E-state index in [0.717, 1.165) is 19.0 Å². The summed E-state index contributed by atoms with van der Waals surface area (Å²) in [7, 11) is 1.66. The average molecular weight is 270 g/mol. The van der Waals surface area contributed by atoms with Crippen molar-refractivity contribution in [2.24, 2.45) is 0 Å². The van der Waals surface area contributed by atoms with Crippen LogP contribution in [0.5, 0.6) is 0 Å². The van der Waals surface area contributed by atoms with Gasteiger partial charge in [0.2, 0.25) is 0 Å². The van der Waals surface area contributed by atoms with Gasteiger partial charge in [-0.3, -0.25) is 0 Å². The minimum absolute atomic E-state index is 0.0883. The lowest BCUT2D eigenvalue weighted by Crippen LogP contribution is -2.44. The van der Waals surface area contributed by atoms with Crippen molar-refractivity contribution >= 4 is 5.69 Å². The van der Waals surface area contributed by atoms with Crippen molar-refractivity contribution in [3.05, 3.63) is 29.3 Å². The molecule has 19 heavy (non-hydrogen) atoms. The Morgan fingerprint density at radius 1 is 1.42 bits per heavy atom. The maximum Gasteiger partial charge on any atom is 0.131 e. The molecule has 5 heteroatoms. The molecule has 1 fully saturated rings. The summed E-state index contributed by atoms with van der Waals surface area (Å²) in [5.41, 5.74) is 1.03. The molecular formula is C14H20F2N2O. The van der Waals surface area contributed by atoms with Crippen LogP contribution < -0.4 is 10.6 Å². The zero-order chi connectivity index (χ0) is 13.8. The number of nitrogens with one attached hydrogen (secondary N) is 2. The summed E-state index contributed by atoms with van der Waals surface area (Å²) in [6.07, 6.45) is 1.34. The van der Waals surface area contributed by atoms with Gasteiger partial charge in [0.15, 0.2) is 0 Å². The minimum Gasteiger partial charge on any atom is -0.388 e. The quantitative estimate of drug-likeness (QED) is 0.881. The number of hydrogen-bond acceptors (Lipinski definition) is 3. The van der Waals surface area contributed by atoms with Crippen molar-refractivity contribution in [2.45, 2.75) is 31.9 Å². The van der Waals surface area contributed by atoms with Crippen molar-refractivity contribution in [3.8, 4) is 0 Å². The lowest BCUT2D eigenvalue weighted by Gasteiger charge is -2.28. The van der Waals surface area contributed by atoms with Crippen LogP contribution in [0.4, 0.5) is 14.5 Å². The molecule has 0 bridgehead atoms. The van der Waals surface area contributed by atoms with Crippen molar-refractivity contribution < 1.29 is 13.5 Å². The Morgan fingerprint density at radius 3 is 2.84 bits per heavy atom. The van der Waals surface area contributed by atoms with Gasteiger partial charge in [-0.05, 0) is 25.8 Å². The summed E-state index contributed by atoms with van der Waals surface area (Å²) in [5.74, 6) is -1.06. The smallest absolute Gasteiger partial charge is 0.131 e. The SMILES string of the molecule is CNc1cc(F)cc(F)c1CC[C@@H]1CN[C@H](C)CO1. The van der Waals surface area contributed by atoms with Crippen LogP contribution in [0, 0.1) is 11.6 Å². The molecule has 1 aliphatic heterocycles. The van der Waals surface area contributed by atoms with Crippen LogP contribution in [0.15, 0.2) is 12.1 Å². The molecule has 1 aromatic rings. The van der Waals surface area contributed by atoms with E-state index < -0.39 is 11.6 Å². The van der Waals surface area contributed by atoms with Crippen LogP contribution in [-0.4, -0.2) is 32.3 Å². The topological polar surface area (TPSA) is 33.3 Å². The summed E-state index contributed by atoms with van der Waals surface area (Å²) >= 11 is 0. The first-order valence-electron chi connectivity index (χ1n) is 6.60. The molecule has 1 aliphatic rings. The molecule has 0 radical (unpaired) electrons. The van der Waals surface area contributed by atoms with E-state index in [9.17, 15) is 8.78 Å². The first kappa shape index (κ1) is 14.2. The summed E-state index contributed by atoms with van der Waals surface area (Å²) < 4.78 is 32.6. The van der Waals surface area contributed by atoms with Gasteiger partial charge in [0.25, 0.3) is 0 Å². The van der Waals surface area contributed by atoms with Crippen molar-refractivity contribution in [1.29, 1.82) is 0 Å². The maximum absolute atomic E-state index is 13.8. The average Bonchev–Trinajstić information content (AvgIpc) is 2.39. The Hall–Kier alpha value is -1.20. The fourth-order valence-corrected chi connectivity index (χ4v) is 2.30. The zero-order valence-corrected chi connectivity index (χ0v) is 11.3. The third-order valence-corrected chi connectivity index (χ3v) is 3.42. The van der Waals surface area contributed by atoms with Crippen molar-refractivity contribution in [1.82, 2.24) is 5.32 Å². The predicted molar refractivity (Wildman–Crippen MR) is 71.4 cm³/mol. The van der Waals surface area contributed by atoms with Crippen LogP contribution in [-0.2, 0) is 11.2 Å². The molecule has 1 aromatic carbocycles. The highest BCUT2D eigenvalue weighted by atomic mass is 19.1. The van der Waals surface area contributed by atoms with Crippen molar-refractivity contribution in [2.75, 3.05) is 25.5 Å². The van der Waals surface area contributed by atoms with Gasteiger partial charge in [-0.15, -0.1) is 0 Å². The number of halogens is 2. The van der Waals surface area contributed by atoms with E-state index in [1.165, 1.54) is 6.07 Å². The molecule has 1 heterocycles. The zero-order valence-electron chi connectivity index (χ0n) is 11.3. The molecular weight excluding hydrogens is 250 g/mol. The first-order valence-corrected chi connectivity index (χ1v) is 6.60. The summed E-state index contributed by atoms with van der Waals surface area (Å²) in [6, 6.07) is 2.62. The molecule has 0 amide bonds. The lowest BCUT2D eigenvalue weighted by molar-refractivity contribution is 0.00389. The second kappa shape index (κ2) is 6.30. The maximum atomic E-state index is 13.8. The number of anilines is 1. The van der Waals surface area contributed by atoms with E-state index in [1.54, 1.807) is 7.05 Å². The largest absolute Gasteiger partial charge is 0.388 e. The number of rotatable bonds is 4. The third-order valence-electron chi connectivity index (χ3n) is 3.42. The van der Waals surface area contributed by atoms with E-state index in [-0.39, 0.29) is 6.10 Å². The van der Waals surface area contributed by atoms with E-state index in [0.29, 0.717) is 30.3 Å². The van der Waals surface area contributed by atoms with E-state index in [2.05, 4.69) is 17.6 Å². The molecule has 3 nitrogen and oxygen atoms in total. The highest BCUT2D eigenvalue weighted by Crippen LogP contribution is 2.23. The molecule has 0 aliphatic carbocycles. The van der Waals surface area contributed by atoms with E-state index in [4.69, 9.17) is 4.74 Å². The second-order valence-electron chi connectivity index (χ2n) is 4.97. The Kier molecular flexibility index (Phi) is 4.71. The Morgan fingerprint density at radius 2 is 2.21 bits per heavy atom. The lowest BCUT2D eigenvalue weighted by atomic mass is 10.0. The van der Waals surface area contributed by atoms with Gasteiger partial charge in [0, 0.05) is 37.0 Å². The standard InChI is InChI=1S/C14H20F2N2O/c1-9-8-19-11(7-18-9)3-4-12-13(16)5-10(15)6-14(12)17-2/h5-6,9,11,17-18H,3-4,7-8H2,1-2H3/t9-,11-/m1/s1. The second-order valence-corrected chi connectivity index (χ2v) is 4.97. The van der Waals surface area contributed by atoms with Crippen LogP contribution >= 0.6 is 0 Å². The molecule has 106 valence electrons. The highest BCUT2D eigenvalue weighted by molar-refractivity contribution is 5.51. The van der Waals surface area contributed by atoms with Crippen LogP contribution in [0.3, 0.4) is 0 Å². The first-order chi connectivity index (χ1) is 9.10. The van der Waals surface area contributed by atoms with Gasteiger partial charge >= 0.3 is 0 Å². The number of benzene rings is 1. The highest BCUT2D eigenvalue weighted by Gasteiger charge is 2.19. The van der Waals surface area contributed by atoms with E-state index >= 15 is 0 Å². The van der Waals surface area contributed by atoms with Crippen LogP contribution in [0.25, 0.3) is 0 Å². The Balaban J connectivity index is 1.99. The summed E-state index contributed by atoms with van der Waals surface area (Å²) in [4.78, 5) is 0. The predicted octanol–water partition coefficient (Wildman–Crippen LogP) is 2.32.